The molecule has 0 aliphatic heterocycles. The normalized spacial score (nSPS) is 20.1. The van der Waals surface area contributed by atoms with Gasteiger partial charge in [-0.2, -0.15) is 26.3 Å². The minimum absolute atomic E-state index is 0.102. The highest BCUT2D eigenvalue weighted by Gasteiger charge is 2.35. The van der Waals surface area contributed by atoms with Crippen molar-refractivity contribution in [3.8, 4) is 11.5 Å². The Hall–Kier alpha value is -3.04. The second-order valence-corrected chi connectivity index (χ2v) is 6.75. The van der Waals surface area contributed by atoms with Crippen molar-refractivity contribution in [2.45, 2.75) is 37.3 Å². The van der Waals surface area contributed by atoms with E-state index < -0.39 is 47.1 Å². The van der Waals surface area contributed by atoms with Crippen molar-refractivity contribution < 1.29 is 36.6 Å². The van der Waals surface area contributed by atoms with Crippen molar-refractivity contribution in [2.75, 3.05) is 0 Å². The molecular weight excluding hydrogens is 414 g/mol. The number of nitrogens with zero attached hydrogens (tertiary/aromatic N) is 2. The van der Waals surface area contributed by atoms with Crippen molar-refractivity contribution in [1.82, 2.24) is 0 Å². The molecule has 2 aromatic carbocycles. The molecule has 2 atom stereocenters. The highest BCUT2D eigenvalue weighted by Crippen LogP contribution is 2.38. The zero-order valence-electron chi connectivity index (χ0n) is 15.2. The minimum Gasteiger partial charge on any atom is -0.507 e. The minimum atomic E-state index is -4.70. The summed E-state index contributed by atoms with van der Waals surface area (Å²) < 4.78 is 77.1. The largest absolute Gasteiger partial charge is 0.507 e. The summed E-state index contributed by atoms with van der Waals surface area (Å²) in [6, 6.07) is 5.58. The van der Waals surface area contributed by atoms with Gasteiger partial charge in [-0.1, -0.05) is 12.1 Å². The lowest BCUT2D eigenvalue weighted by Gasteiger charge is -2.30. The summed E-state index contributed by atoms with van der Waals surface area (Å²) >= 11 is 0. The number of hydrogen-bond acceptors (Lipinski definition) is 4. The van der Waals surface area contributed by atoms with Crippen LogP contribution in [0.15, 0.2) is 46.4 Å². The van der Waals surface area contributed by atoms with E-state index in [0.29, 0.717) is 12.8 Å². The molecule has 2 aromatic rings. The van der Waals surface area contributed by atoms with Crippen molar-refractivity contribution >= 4 is 12.4 Å². The molecule has 1 aliphatic carbocycles. The first-order valence-corrected chi connectivity index (χ1v) is 8.83. The molecule has 0 unspecified atom stereocenters. The number of para-hydroxylation sites is 2. The molecular formula is C20H16F6N2O2. The molecule has 2 N–H and O–H groups in total. The first kappa shape index (κ1) is 21.7. The average Bonchev–Trinajstić information content (AvgIpc) is 2.61. The van der Waals surface area contributed by atoms with Crippen LogP contribution in [0.2, 0.25) is 0 Å². The Morgan fingerprint density at radius 3 is 1.37 bits per heavy atom. The molecule has 30 heavy (non-hydrogen) atoms. The van der Waals surface area contributed by atoms with Crippen LogP contribution in [0.3, 0.4) is 0 Å². The molecule has 1 fully saturated rings. The fraction of sp³-hybridized carbons (Fsp3) is 0.300. The maximum atomic E-state index is 12.8. The van der Waals surface area contributed by atoms with E-state index in [9.17, 15) is 36.6 Å². The summed E-state index contributed by atoms with van der Waals surface area (Å²) in [5, 5.41) is 19.6. The smallest absolute Gasteiger partial charge is 0.419 e. The molecule has 0 spiro atoms. The molecule has 0 aromatic heterocycles. The molecule has 10 heteroatoms. The van der Waals surface area contributed by atoms with Crippen molar-refractivity contribution in [1.29, 1.82) is 0 Å². The van der Waals surface area contributed by atoms with Crippen molar-refractivity contribution in [3.63, 3.8) is 0 Å². The van der Waals surface area contributed by atoms with E-state index in [4.69, 9.17) is 0 Å². The van der Waals surface area contributed by atoms with E-state index in [1.54, 1.807) is 0 Å². The molecule has 4 nitrogen and oxygen atoms in total. The number of aliphatic imine (C=N–C) groups is 2. The third-order valence-electron chi connectivity index (χ3n) is 4.76. The number of hydrogen-bond donors (Lipinski definition) is 2. The number of rotatable bonds is 4. The second-order valence-electron chi connectivity index (χ2n) is 6.75. The Kier molecular flexibility index (Phi) is 5.78. The van der Waals surface area contributed by atoms with Crippen LogP contribution < -0.4 is 0 Å². The van der Waals surface area contributed by atoms with Gasteiger partial charge in [-0.3, -0.25) is 9.98 Å². The number of phenolic OH excluding ortho intramolecular Hbond substituents is 2. The van der Waals surface area contributed by atoms with Crippen LogP contribution in [0.1, 0.15) is 35.1 Å². The van der Waals surface area contributed by atoms with E-state index in [1.807, 2.05) is 0 Å². The van der Waals surface area contributed by atoms with Crippen LogP contribution in [-0.4, -0.2) is 34.7 Å². The van der Waals surface area contributed by atoms with Crippen LogP contribution in [-0.2, 0) is 12.4 Å². The Morgan fingerprint density at radius 2 is 1.07 bits per heavy atom. The first-order valence-electron chi connectivity index (χ1n) is 8.83. The van der Waals surface area contributed by atoms with Crippen molar-refractivity contribution in [3.05, 3.63) is 58.7 Å². The molecule has 0 amide bonds. The van der Waals surface area contributed by atoms with Gasteiger partial charge in [0.05, 0.1) is 23.2 Å². The topological polar surface area (TPSA) is 65.2 Å². The van der Waals surface area contributed by atoms with Gasteiger partial charge in [0.1, 0.15) is 11.5 Å². The molecule has 0 saturated heterocycles. The van der Waals surface area contributed by atoms with Gasteiger partial charge in [0.25, 0.3) is 0 Å². The van der Waals surface area contributed by atoms with Crippen LogP contribution in [0.4, 0.5) is 26.3 Å². The molecule has 0 heterocycles. The number of benzene rings is 2. The van der Waals surface area contributed by atoms with Gasteiger partial charge in [0.15, 0.2) is 0 Å². The van der Waals surface area contributed by atoms with Gasteiger partial charge < -0.3 is 10.2 Å². The van der Waals surface area contributed by atoms with Gasteiger partial charge in [0, 0.05) is 23.6 Å². The number of phenols is 2. The third kappa shape index (κ3) is 4.58. The lowest BCUT2D eigenvalue weighted by molar-refractivity contribution is -0.139. The highest BCUT2D eigenvalue weighted by atomic mass is 19.4. The first-order chi connectivity index (χ1) is 14.0. The lowest BCUT2D eigenvalue weighted by atomic mass is 9.87. The van der Waals surface area contributed by atoms with Gasteiger partial charge in [-0.15, -0.1) is 0 Å². The van der Waals surface area contributed by atoms with E-state index in [-0.39, 0.29) is 11.1 Å². The summed E-state index contributed by atoms with van der Waals surface area (Å²) in [4.78, 5) is 8.30. The Balaban J connectivity index is 1.74. The summed E-state index contributed by atoms with van der Waals surface area (Å²) in [5.41, 5.74) is -2.55. The van der Waals surface area contributed by atoms with Crippen LogP contribution >= 0.6 is 0 Å². The predicted octanol–water partition coefficient (Wildman–Crippen LogP) is 5.20. The Morgan fingerprint density at radius 1 is 0.700 bits per heavy atom. The number of halogens is 6. The lowest BCUT2D eigenvalue weighted by Crippen LogP contribution is -2.34. The zero-order chi connectivity index (χ0) is 22.1. The van der Waals surface area contributed by atoms with Crippen LogP contribution in [0.5, 0.6) is 11.5 Å². The summed E-state index contributed by atoms with van der Waals surface area (Å²) in [6.45, 7) is 0. The molecule has 0 radical (unpaired) electrons. The SMILES string of the molecule is Oc1c(C=N[C@@H]2CC[C@H]2N=Cc2cccc(C(F)(F)F)c2O)cccc1C(F)(F)F. The van der Waals surface area contributed by atoms with Gasteiger partial charge >= 0.3 is 12.4 Å². The average molecular weight is 430 g/mol. The summed E-state index contributed by atoms with van der Waals surface area (Å²) in [5.74, 6) is -1.86. The quantitative estimate of drug-likeness (QED) is 0.517. The van der Waals surface area contributed by atoms with Gasteiger partial charge in [0.2, 0.25) is 0 Å². The Bertz CT molecular complexity index is 903. The summed E-state index contributed by atoms with van der Waals surface area (Å²) in [7, 11) is 0. The van der Waals surface area contributed by atoms with Gasteiger partial charge in [-0.25, -0.2) is 0 Å². The third-order valence-corrected chi connectivity index (χ3v) is 4.76. The monoisotopic (exact) mass is 430 g/mol. The fourth-order valence-corrected chi connectivity index (χ4v) is 2.95. The fourth-order valence-electron chi connectivity index (χ4n) is 2.95. The van der Waals surface area contributed by atoms with Gasteiger partial charge in [-0.05, 0) is 37.1 Å². The molecule has 1 saturated carbocycles. The maximum Gasteiger partial charge on any atom is 0.419 e. The van der Waals surface area contributed by atoms with E-state index in [2.05, 4.69) is 9.98 Å². The van der Waals surface area contributed by atoms with Crippen LogP contribution in [0, 0.1) is 0 Å². The molecule has 160 valence electrons. The number of aromatic hydroxyl groups is 2. The molecule has 3 rings (SSSR count). The second kappa shape index (κ2) is 8.00. The van der Waals surface area contributed by atoms with E-state index in [0.717, 1.165) is 36.7 Å². The summed E-state index contributed by atoms with van der Waals surface area (Å²) in [6.07, 6.45) is -6.01. The zero-order valence-corrected chi connectivity index (χ0v) is 15.2. The van der Waals surface area contributed by atoms with E-state index in [1.165, 1.54) is 12.1 Å². The standard InChI is InChI=1S/C20H16F6N2O2/c21-19(22,23)13-5-1-3-11(17(13)29)9-27-15-7-8-16(15)28-10-12-4-2-6-14(18(12)30)20(24,25)26/h1-6,9-10,15-16,29-30H,7-8H2/t15-,16-/m1/s1. The number of alkyl halides is 6. The Labute approximate surface area is 167 Å². The van der Waals surface area contributed by atoms with Crippen LogP contribution in [0.25, 0.3) is 0 Å². The van der Waals surface area contributed by atoms with E-state index >= 15 is 0 Å². The molecule has 1 aliphatic rings. The van der Waals surface area contributed by atoms with Crippen molar-refractivity contribution in [2.24, 2.45) is 9.98 Å². The predicted molar refractivity (Wildman–Crippen MR) is 98.2 cm³/mol. The maximum absolute atomic E-state index is 12.8. The highest BCUT2D eigenvalue weighted by molar-refractivity contribution is 5.85. The molecule has 0 bridgehead atoms.